The van der Waals surface area contributed by atoms with E-state index >= 15 is 0 Å². The molecule has 8 aliphatic carbocycles. The zero-order chi connectivity index (χ0) is 17.3. The van der Waals surface area contributed by atoms with Crippen LogP contribution in [0.2, 0.25) is 0 Å². The Morgan fingerprint density at radius 2 is 0.808 bits per heavy atom. The molecule has 0 saturated heterocycles. The fourth-order valence-electron chi connectivity index (χ4n) is 9.87. The molecule has 8 aliphatic rings. The monoisotopic (exact) mass is 355 g/mol. The lowest BCUT2D eigenvalue weighted by molar-refractivity contribution is -0.0470. The maximum absolute atomic E-state index is 2.73. The molecule has 8 saturated carbocycles. The Labute approximate surface area is 161 Å². The van der Waals surface area contributed by atoms with E-state index in [9.17, 15) is 0 Å². The predicted octanol–water partition coefficient (Wildman–Crippen LogP) is 5.84. The van der Waals surface area contributed by atoms with E-state index < -0.39 is 0 Å². The zero-order valence-corrected chi connectivity index (χ0v) is 17.1. The molecule has 8 bridgehead atoms. The minimum absolute atomic E-state index is 1.10. The third-order valence-electron chi connectivity index (χ3n) is 10.5. The smallest absolute Gasteiger partial charge is 0.00189 e. The zero-order valence-electron chi connectivity index (χ0n) is 17.1. The normalized spacial score (nSPS) is 53.8. The Hall–Kier alpha value is -0.0400. The molecular weight excluding hydrogens is 314 g/mol. The number of rotatable bonds is 6. The van der Waals surface area contributed by atoms with E-state index in [2.05, 4.69) is 11.9 Å². The first-order chi connectivity index (χ1) is 12.7. The van der Waals surface area contributed by atoms with Gasteiger partial charge in [0.15, 0.2) is 0 Å². The first-order valence-corrected chi connectivity index (χ1v) is 12.4. The minimum atomic E-state index is 1.10. The van der Waals surface area contributed by atoms with Gasteiger partial charge in [0.25, 0.3) is 0 Å². The lowest BCUT2D eigenvalue weighted by Crippen LogP contribution is -2.46. The Kier molecular flexibility index (Phi) is 4.22. The largest absolute Gasteiger partial charge is 0.306 e. The van der Waals surface area contributed by atoms with Crippen molar-refractivity contribution >= 4 is 0 Å². The predicted molar refractivity (Wildman–Crippen MR) is 108 cm³/mol. The summed E-state index contributed by atoms with van der Waals surface area (Å²) in [5.41, 5.74) is 0. The molecule has 0 amide bonds. The fraction of sp³-hybridized carbons (Fsp3) is 1.00. The molecule has 1 heteroatoms. The summed E-state index contributed by atoms with van der Waals surface area (Å²) in [5.74, 6) is 11.3. The summed E-state index contributed by atoms with van der Waals surface area (Å²) in [6.07, 6.45) is 19.1. The molecule has 0 atom stereocenters. The first kappa shape index (κ1) is 16.9. The molecule has 0 aliphatic heterocycles. The van der Waals surface area contributed by atoms with Gasteiger partial charge in [0.1, 0.15) is 0 Å². The molecule has 26 heavy (non-hydrogen) atoms. The van der Waals surface area contributed by atoms with Crippen LogP contribution in [0.25, 0.3) is 0 Å². The highest BCUT2D eigenvalue weighted by Crippen LogP contribution is 2.58. The molecule has 0 N–H and O–H groups in total. The highest BCUT2D eigenvalue weighted by molar-refractivity contribution is 4.99. The Bertz CT molecular complexity index is 422. The maximum Gasteiger partial charge on any atom is -0.00189 e. The van der Waals surface area contributed by atoms with Gasteiger partial charge in [0.05, 0.1) is 0 Å². The molecule has 8 rings (SSSR count). The van der Waals surface area contributed by atoms with Crippen LogP contribution in [0.1, 0.15) is 77.0 Å². The summed E-state index contributed by atoms with van der Waals surface area (Å²) in [6, 6.07) is 0. The van der Waals surface area contributed by atoms with Crippen LogP contribution in [-0.2, 0) is 0 Å². The van der Waals surface area contributed by atoms with Crippen molar-refractivity contribution in [2.75, 3.05) is 20.1 Å². The molecule has 0 aromatic rings. The highest BCUT2D eigenvalue weighted by Gasteiger charge is 2.49. The van der Waals surface area contributed by atoms with Gasteiger partial charge in [-0.05, 0) is 156 Å². The van der Waals surface area contributed by atoms with Gasteiger partial charge in [-0.1, -0.05) is 0 Å². The molecule has 1 nitrogen and oxygen atoms in total. The van der Waals surface area contributed by atoms with Crippen LogP contribution in [0.15, 0.2) is 0 Å². The first-order valence-electron chi connectivity index (χ1n) is 12.4. The lowest BCUT2D eigenvalue weighted by atomic mass is 9.51. The molecule has 0 heterocycles. The second-order valence-corrected chi connectivity index (χ2v) is 12.1. The van der Waals surface area contributed by atoms with E-state index in [0.717, 1.165) is 59.2 Å². The third-order valence-corrected chi connectivity index (χ3v) is 10.5. The van der Waals surface area contributed by atoms with E-state index in [-0.39, 0.29) is 0 Å². The molecule has 0 radical (unpaired) electrons. The van der Waals surface area contributed by atoms with Crippen LogP contribution < -0.4 is 0 Å². The lowest BCUT2D eigenvalue weighted by Gasteiger charge is -2.55. The van der Waals surface area contributed by atoms with E-state index in [4.69, 9.17) is 0 Å². The number of nitrogens with zero attached hydrogens (tertiary/aromatic N) is 1. The number of hydrogen-bond donors (Lipinski definition) is 0. The van der Waals surface area contributed by atoms with Crippen molar-refractivity contribution in [1.29, 1.82) is 0 Å². The van der Waals surface area contributed by atoms with E-state index in [0.29, 0.717) is 0 Å². The Morgan fingerprint density at radius 3 is 1.12 bits per heavy atom. The van der Waals surface area contributed by atoms with Crippen molar-refractivity contribution in [3.8, 4) is 0 Å². The van der Waals surface area contributed by atoms with Gasteiger partial charge >= 0.3 is 0 Å². The van der Waals surface area contributed by atoms with Crippen LogP contribution >= 0.6 is 0 Å². The van der Waals surface area contributed by atoms with Gasteiger partial charge < -0.3 is 4.90 Å². The van der Waals surface area contributed by atoms with Gasteiger partial charge in [-0.3, -0.25) is 0 Å². The summed E-state index contributed by atoms with van der Waals surface area (Å²) in [7, 11) is 2.44. The molecule has 8 fully saturated rings. The average molecular weight is 356 g/mol. The SMILES string of the molecule is CN(CCC1C2CC3CC(C2)CC1C3)CCC1C2CC3CC(C2)CC1C3. The summed E-state index contributed by atoms with van der Waals surface area (Å²) >= 11 is 0. The summed E-state index contributed by atoms with van der Waals surface area (Å²) in [5, 5.41) is 0. The van der Waals surface area contributed by atoms with Crippen molar-refractivity contribution in [2.45, 2.75) is 77.0 Å². The number of hydrogen-bond acceptors (Lipinski definition) is 1. The van der Waals surface area contributed by atoms with Crippen molar-refractivity contribution in [1.82, 2.24) is 4.90 Å². The highest BCUT2D eigenvalue weighted by atomic mass is 15.1. The van der Waals surface area contributed by atoms with Crippen molar-refractivity contribution < 1.29 is 0 Å². The van der Waals surface area contributed by atoms with Crippen LogP contribution in [0.5, 0.6) is 0 Å². The molecule has 146 valence electrons. The molecule has 0 unspecified atom stereocenters. The minimum Gasteiger partial charge on any atom is -0.306 e. The quantitative estimate of drug-likeness (QED) is 0.578. The van der Waals surface area contributed by atoms with E-state index in [1.807, 2.05) is 0 Å². The summed E-state index contributed by atoms with van der Waals surface area (Å²) < 4.78 is 0. The van der Waals surface area contributed by atoms with E-state index in [1.54, 1.807) is 64.2 Å². The topological polar surface area (TPSA) is 3.24 Å². The van der Waals surface area contributed by atoms with Crippen LogP contribution in [0.3, 0.4) is 0 Å². The van der Waals surface area contributed by atoms with Crippen LogP contribution in [0.4, 0.5) is 0 Å². The second-order valence-electron chi connectivity index (χ2n) is 12.1. The third kappa shape index (κ3) is 2.90. The van der Waals surface area contributed by atoms with Crippen molar-refractivity contribution in [3.63, 3.8) is 0 Å². The fourth-order valence-corrected chi connectivity index (χ4v) is 9.87. The van der Waals surface area contributed by atoms with Gasteiger partial charge in [0, 0.05) is 0 Å². The van der Waals surface area contributed by atoms with Gasteiger partial charge in [0.2, 0.25) is 0 Å². The van der Waals surface area contributed by atoms with Crippen molar-refractivity contribution in [2.24, 2.45) is 59.2 Å². The second kappa shape index (κ2) is 6.50. The summed E-state index contributed by atoms with van der Waals surface area (Å²) in [4.78, 5) is 2.73. The van der Waals surface area contributed by atoms with E-state index in [1.165, 1.54) is 25.9 Å². The van der Waals surface area contributed by atoms with Crippen LogP contribution in [-0.4, -0.2) is 25.0 Å². The molecule has 0 aromatic heterocycles. The summed E-state index contributed by atoms with van der Waals surface area (Å²) in [6.45, 7) is 2.78. The molecular formula is C25H41N. The van der Waals surface area contributed by atoms with Gasteiger partial charge in [-0.15, -0.1) is 0 Å². The standard InChI is InChI=1S/C25H41N/c1-26(4-2-24-20-8-16-6-17(10-20)11-21(24)9-16)5-3-25-22-12-18-7-19(14-22)15-23(25)13-18/h16-25H,2-15H2,1H3. The van der Waals surface area contributed by atoms with Gasteiger partial charge in [-0.2, -0.15) is 0 Å². The molecule has 0 spiro atoms. The Balaban J connectivity index is 0.993. The van der Waals surface area contributed by atoms with Crippen LogP contribution in [0, 0.1) is 59.2 Å². The average Bonchev–Trinajstić information content (AvgIpc) is 2.59. The maximum atomic E-state index is 2.73. The van der Waals surface area contributed by atoms with Crippen molar-refractivity contribution in [3.05, 3.63) is 0 Å². The van der Waals surface area contributed by atoms with Gasteiger partial charge in [-0.25, -0.2) is 0 Å². The Morgan fingerprint density at radius 1 is 0.500 bits per heavy atom. The molecule has 0 aromatic carbocycles.